The summed E-state index contributed by atoms with van der Waals surface area (Å²) in [6, 6.07) is 0. The average molecular weight is 222 g/mol. The quantitative estimate of drug-likeness (QED) is 0.718. The molecule has 0 aromatic rings. The first-order valence-electron chi connectivity index (χ1n) is 5.25. The molecule has 1 aliphatic rings. The normalized spacial score (nSPS) is 22.1. The molecule has 1 saturated carbocycles. The molecule has 0 aliphatic heterocycles. The summed E-state index contributed by atoms with van der Waals surface area (Å²) in [6.45, 7) is 0. The maximum absolute atomic E-state index is 13.0. The molecule has 3 nitrogen and oxygen atoms in total. The summed E-state index contributed by atoms with van der Waals surface area (Å²) in [5, 5.41) is 17.7. The van der Waals surface area contributed by atoms with Crippen LogP contribution >= 0.6 is 0 Å². The van der Waals surface area contributed by atoms with Gasteiger partial charge in [0.15, 0.2) is 0 Å². The lowest BCUT2D eigenvalue weighted by atomic mass is 9.90. The molecule has 5 heteroatoms. The molecule has 1 unspecified atom stereocenters. The third-order valence-corrected chi connectivity index (χ3v) is 3.00. The lowest BCUT2D eigenvalue weighted by molar-refractivity contribution is -0.188. The monoisotopic (exact) mass is 222 g/mol. The number of aliphatic hydroxyl groups excluding tert-OH is 1. The van der Waals surface area contributed by atoms with Gasteiger partial charge < -0.3 is 10.2 Å². The van der Waals surface area contributed by atoms with Gasteiger partial charge >= 0.3 is 11.9 Å². The van der Waals surface area contributed by atoms with E-state index >= 15 is 0 Å². The molecule has 15 heavy (non-hydrogen) atoms. The van der Waals surface area contributed by atoms with E-state index in [9.17, 15) is 18.7 Å². The maximum atomic E-state index is 13.0. The van der Waals surface area contributed by atoms with Crippen molar-refractivity contribution >= 4 is 5.97 Å². The van der Waals surface area contributed by atoms with Gasteiger partial charge in [-0.3, -0.25) is 0 Å². The third kappa shape index (κ3) is 2.87. The van der Waals surface area contributed by atoms with E-state index in [4.69, 9.17) is 5.11 Å². The van der Waals surface area contributed by atoms with Crippen LogP contribution in [0.15, 0.2) is 0 Å². The molecule has 1 fully saturated rings. The van der Waals surface area contributed by atoms with E-state index in [-0.39, 0.29) is 0 Å². The second-order valence-electron chi connectivity index (χ2n) is 4.12. The number of carbonyl (C=O) groups is 1. The van der Waals surface area contributed by atoms with Crippen molar-refractivity contribution in [1.82, 2.24) is 0 Å². The Labute approximate surface area is 87.1 Å². The molecule has 1 rings (SSSR count). The number of halogens is 2. The first-order valence-corrected chi connectivity index (χ1v) is 5.25. The van der Waals surface area contributed by atoms with Crippen molar-refractivity contribution in [2.75, 3.05) is 0 Å². The minimum Gasteiger partial charge on any atom is -0.477 e. The molecule has 88 valence electrons. The van der Waals surface area contributed by atoms with Crippen LogP contribution in [0, 0.1) is 5.92 Å². The van der Waals surface area contributed by atoms with Gasteiger partial charge in [-0.1, -0.05) is 25.7 Å². The van der Waals surface area contributed by atoms with Crippen LogP contribution in [0.25, 0.3) is 0 Å². The van der Waals surface area contributed by atoms with E-state index in [1.807, 2.05) is 0 Å². The summed E-state index contributed by atoms with van der Waals surface area (Å²) in [5.74, 6) is -6.84. The molecule has 2 N–H and O–H groups in total. The number of carboxylic acids is 1. The van der Waals surface area contributed by atoms with Gasteiger partial charge in [-0.05, 0) is 18.8 Å². The van der Waals surface area contributed by atoms with Crippen LogP contribution in [0.3, 0.4) is 0 Å². The molecular formula is C10H16F2O3. The number of aliphatic carboxylic acids is 1. The number of carboxylic acid groups (broad SMARTS) is 1. The van der Waals surface area contributed by atoms with Gasteiger partial charge in [0.25, 0.3) is 0 Å². The zero-order valence-corrected chi connectivity index (χ0v) is 8.46. The minimum absolute atomic E-state index is 0.490. The first kappa shape index (κ1) is 12.4. The van der Waals surface area contributed by atoms with E-state index < -0.39 is 23.9 Å². The minimum atomic E-state index is -4.02. The molecule has 1 atom stereocenters. The van der Waals surface area contributed by atoms with Crippen molar-refractivity contribution in [3.63, 3.8) is 0 Å². The van der Waals surface area contributed by atoms with E-state index in [0.29, 0.717) is 12.8 Å². The third-order valence-electron chi connectivity index (χ3n) is 3.00. The van der Waals surface area contributed by atoms with Gasteiger partial charge in [-0.25, -0.2) is 4.79 Å². The lowest BCUT2D eigenvalue weighted by Gasteiger charge is -2.25. The number of hydrogen-bond donors (Lipinski definition) is 2. The highest BCUT2D eigenvalue weighted by atomic mass is 19.3. The predicted octanol–water partition coefficient (Wildman–Crippen LogP) is 2.04. The smallest absolute Gasteiger partial charge is 0.377 e. The van der Waals surface area contributed by atoms with Gasteiger partial charge in [0.2, 0.25) is 0 Å². The summed E-state index contributed by atoms with van der Waals surface area (Å²) in [4.78, 5) is 10.3. The van der Waals surface area contributed by atoms with E-state index in [1.165, 1.54) is 0 Å². The van der Waals surface area contributed by atoms with E-state index in [2.05, 4.69) is 0 Å². The van der Waals surface area contributed by atoms with E-state index in [0.717, 1.165) is 25.7 Å². The second-order valence-corrected chi connectivity index (χ2v) is 4.12. The van der Waals surface area contributed by atoms with Crippen molar-refractivity contribution in [3.05, 3.63) is 0 Å². The standard InChI is InChI=1S/C10H16F2O3/c11-10(12,9(14)15)8(13)7-5-3-1-2-4-6-7/h7-8,13H,1-6H2,(H,14,15). The molecule has 0 aromatic carbocycles. The molecule has 0 spiro atoms. The van der Waals surface area contributed by atoms with Crippen molar-refractivity contribution in [3.8, 4) is 0 Å². The molecule has 0 heterocycles. The zero-order chi connectivity index (χ0) is 11.5. The van der Waals surface area contributed by atoms with Crippen LogP contribution in [0.4, 0.5) is 8.78 Å². The highest BCUT2D eigenvalue weighted by molar-refractivity contribution is 5.76. The molecule has 1 aliphatic carbocycles. The Hall–Kier alpha value is -0.710. The molecular weight excluding hydrogens is 206 g/mol. The van der Waals surface area contributed by atoms with Crippen LogP contribution in [0.2, 0.25) is 0 Å². The van der Waals surface area contributed by atoms with Gasteiger partial charge in [0, 0.05) is 0 Å². The van der Waals surface area contributed by atoms with Gasteiger partial charge in [0.05, 0.1) is 0 Å². The fraction of sp³-hybridized carbons (Fsp3) is 0.900. The van der Waals surface area contributed by atoms with Crippen LogP contribution < -0.4 is 0 Å². The van der Waals surface area contributed by atoms with Gasteiger partial charge in [-0.15, -0.1) is 0 Å². The van der Waals surface area contributed by atoms with Crippen molar-refractivity contribution in [2.45, 2.75) is 50.6 Å². The summed E-state index contributed by atoms with van der Waals surface area (Å²) < 4.78 is 26.0. The summed E-state index contributed by atoms with van der Waals surface area (Å²) in [7, 11) is 0. The van der Waals surface area contributed by atoms with Crippen LogP contribution in [-0.2, 0) is 4.79 Å². The Morgan fingerprint density at radius 2 is 1.67 bits per heavy atom. The van der Waals surface area contributed by atoms with Crippen LogP contribution in [0.5, 0.6) is 0 Å². The lowest BCUT2D eigenvalue weighted by Crippen LogP contribution is -2.45. The molecule has 0 aromatic heterocycles. The predicted molar refractivity (Wildman–Crippen MR) is 49.8 cm³/mol. The maximum Gasteiger partial charge on any atom is 0.377 e. The van der Waals surface area contributed by atoms with E-state index in [1.54, 1.807) is 0 Å². The Morgan fingerprint density at radius 1 is 1.20 bits per heavy atom. The largest absolute Gasteiger partial charge is 0.477 e. The Balaban J connectivity index is 2.64. The van der Waals surface area contributed by atoms with Crippen molar-refractivity contribution in [2.24, 2.45) is 5.92 Å². The molecule has 0 radical (unpaired) electrons. The Morgan fingerprint density at radius 3 is 2.07 bits per heavy atom. The number of hydrogen-bond acceptors (Lipinski definition) is 2. The molecule has 0 amide bonds. The van der Waals surface area contributed by atoms with Crippen LogP contribution in [-0.4, -0.2) is 28.2 Å². The van der Waals surface area contributed by atoms with Gasteiger partial charge in [0.1, 0.15) is 6.10 Å². The summed E-state index contributed by atoms with van der Waals surface area (Å²) >= 11 is 0. The fourth-order valence-electron chi connectivity index (χ4n) is 2.05. The summed E-state index contributed by atoms with van der Waals surface area (Å²) in [6.07, 6.45) is 2.46. The fourth-order valence-corrected chi connectivity index (χ4v) is 2.05. The topological polar surface area (TPSA) is 57.5 Å². The van der Waals surface area contributed by atoms with Crippen molar-refractivity contribution in [1.29, 1.82) is 0 Å². The zero-order valence-electron chi connectivity index (χ0n) is 8.46. The number of rotatable bonds is 3. The van der Waals surface area contributed by atoms with Crippen LogP contribution in [0.1, 0.15) is 38.5 Å². The number of alkyl halides is 2. The Kier molecular flexibility index (Phi) is 4.02. The highest BCUT2D eigenvalue weighted by Crippen LogP contribution is 2.33. The first-order chi connectivity index (χ1) is 6.96. The highest BCUT2D eigenvalue weighted by Gasteiger charge is 2.49. The van der Waals surface area contributed by atoms with Gasteiger partial charge in [-0.2, -0.15) is 8.78 Å². The SMILES string of the molecule is O=C(O)C(F)(F)C(O)C1CCCCCC1. The van der Waals surface area contributed by atoms with Crippen molar-refractivity contribution < 1.29 is 23.8 Å². The average Bonchev–Trinajstić information content (AvgIpc) is 2.44. The number of aliphatic hydroxyl groups is 1. The molecule has 0 saturated heterocycles. The second kappa shape index (κ2) is 4.88. The molecule has 0 bridgehead atoms. The summed E-state index contributed by atoms with van der Waals surface area (Å²) in [5.41, 5.74) is 0. The Bertz CT molecular complexity index is 223.